The van der Waals surface area contributed by atoms with E-state index in [1.54, 1.807) is 4.90 Å². The number of amides is 2. The van der Waals surface area contributed by atoms with E-state index in [-0.39, 0.29) is 24.5 Å². The number of ether oxygens (including phenoxy) is 1. The monoisotopic (exact) mass is 256 g/mol. The van der Waals surface area contributed by atoms with Crippen molar-refractivity contribution in [2.24, 2.45) is 17.6 Å². The average Bonchev–Trinajstić information content (AvgIpc) is 2.26. The Hall–Kier alpha value is -1.10. The van der Waals surface area contributed by atoms with Crippen molar-refractivity contribution in [3.05, 3.63) is 0 Å². The van der Waals surface area contributed by atoms with E-state index in [2.05, 4.69) is 0 Å². The van der Waals surface area contributed by atoms with Gasteiger partial charge < -0.3 is 15.4 Å². The van der Waals surface area contributed by atoms with E-state index in [1.807, 2.05) is 20.8 Å². The topological polar surface area (TPSA) is 72.6 Å². The molecular formula is C13H24N2O3. The zero-order chi connectivity index (χ0) is 13.7. The molecule has 1 saturated heterocycles. The van der Waals surface area contributed by atoms with E-state index < -0.39 is 5.91 Å². The van der Waals surface area contributed by atoms with Gasteiger partial charge in [0.25, 0.3) is 0 Å². The summed E-state index contributed by atoms with van der Waals surface area (Å²) >= 11 is 0. The van der Waals surface area contributed by atoms with Crippen LogP contribution in [0.2, 0.25) is 0 Å². The molecule has 5 heteroatoms. The number of hydrogen-bond acceptors (Lipinski definition) is 3. The zero-order valence-corrected chi connectivity index (χ0v) is 11.5. The van der Waals surface area contributed by atoms with Gasteiger partial charge in [0.1, 0.15) is 0 Å². The molecule has 5 nitrogen and oxygen atoms in total. The molecule has 0 spiro atoms. The molecule has 0 aliphatic carbocycles. The fourth-order valence-electron chi connectivity index (χ4n) is 2.34. The molecule has 18 heavy (non-hydrogen) atoms. The summed E-state index contributed by atoms with van der Waals surface area (Å²) < 4.78 is 5.51. The van der Waals surface area contributed by atoms with Crippen molar-refractivity contribution >= 4 is 11.8 Å². The Balaban J connectivity index is 2.70. The van der Waals surface area contributed by atoms with Crippen LogP contribution in [-0.2, 0) is 14.3 Å². The molecule has 0 radical (unpaired) electrons. The Kier molecular flexibility index (Phi) is 5.59. The molecule has 0 unspecified atom stereocenters. The molecule has 0 aromatic heterocycles. The molecule has 2 N–H and O–H groups in total. The van der Waals surface area contributed by atoms with Crippen molar-refractivity contribution in [3.63, 3.8) is 0 Å². The lowest BCUT2D eigenvalue weighted by Crippen LogP contribution is -2.47. The molecule has 2 atom stereocenters. The minimum Gasteiger partial charge on any atom is -0.378 e. The van der Waals surface area contributed by atoms with Gasteiger partial charge in [0.05, 0.1) is 18.6 Å². The molecule has 1 aliphatic heterocycles. The minimum atomic E-state index is -0.464. The van der Waals surface area contributed by atoms with Crippen LogP contribution in [0.5, 0.6) is 0 Å². The number of carbonyl (C=O) groups excluding carboxylic acids is 2. The van der Waals surface area contributed by atoms with Gasteiger partial charge in [-0.1, -0.05) is 13.8 Å². The van der Waals surface area contributed by atoms with Gasteiger partial charge in [-0.25, -0.2) is 0 Å². The summed E-state index contributed by atoms with van der Waals surface area (Å²) in [5.41, 5.74) is 5.21. The molecule has 1 heterocycles. The quantitative estimate of drug-likeness (QED) is 0.789. The van der Waals surface area contributed by atoms with Crippen LogP contribution in [0.15, 0.2) is 0 Å². The average molecular weight is 256 g/mol. The van der Waals surface area contributed by atoms with Crippen LogP contribution in [0.4, 0.5) is 0 Å². The fourth-order valence-corrected chi connectivity index (χ4v) is 2.34. The standard InChI is InChI=1S/C13H24N2O3/c1-9(2)7-15(8-12(14)16)13(17)11-5-4-6-18-10(11)3/h9-11H,4-8H2,1-3H3,(H2,14,16)/t10-,11+/m1/s1. The SMILES string of the molecule is CC(C)CN(CC(N)=O)C(=O)[C@H]1CCCO[C@@H]1C. The Bertz CT molecular complexity index is 305. The van der Waals surface area contributed by atoms with Gasteiger partial charge in [0, 0.05) is 13.2 Å². The maximum absolute atomic E-state index is 12.4. The second-order valence-electron chi connectivity index (χ2n) is 5.40. The summed E-state index contributed by atoms with van der Waals surface area (Å²) in [6.07, 6.45) is 1.65. The highest BCUT2D eigenvalue weighted by Gasteiger charge is 2.32. The predicted molar refractivity (Wildman–Crippen MR) is 68.8 cm³/mol. The van der Waals surface area contributed by atoms with Crippen LogP contribution >= 0.6 is 0 Å². The first-order chi connectivity index (χ1) is 8.41. The smallest absolute Gasteiger partial charge is 0.237 e. The largest absolute Gasteiger partial charge is 0.378 e. The van der Waals surface area contributed by atoms with Crippen molar-refractivity contribution in [3.8, 4) is 0 Å². The van der Waals surface area contributed by atoms with Gasteiger partial charge in [0.15, 0.2) is 0 Å². The summed E-state index contributed by atoms with van der Waals surface area (Å²) in [4.78, 5) is 25.0. The molecular weight excluding hydrogens is 232 g/mol. The molecule has 1 fully saturated rings. The lowest BCUT2D eigenvalue weighted by atomic mass is 9.93. The van der Waals surface area contributed by atoms with Crippen LogP contribution < -0.4 is 5.73 Å². The van der Waals surface area contributed by atoms with Gasteiger partial charge in [-0.05, 0) is 25.7 Å². The van der Waals surface area contributed by atoms with Gasteiger partial charge in [-0.2, -0.15) is 0 Å². The van der Waals surface area contributed by atoms with Crippen LogP contribution in [-0.4, -0.2) is 42.5 Å². The summed E-state index contributed by atoms with van der Waals surface area (Å²) in [5.74, 6) is -0.298. The van der Waals surface area contributed by atoms with Gasteiger partial charge in [-0.15, -0.1) is 0 Å². The first kappa shape index (κ1) is 15.0. The molecule has 0 saturated carbocycles. The van der Waals surface area contributed by atoms with Crippen molar-refractivity contribution in [2.75, 3.05) is 19.7 Å². The first-order valence-corrected chi connectivity index (χ1v) is 6.60. The number of nitrogens with zero attached hydrogens (tertiary/aromatic N) is 1. The summed E-state index contributed by atoms with van der Waals surface area (Å²) in [6, 6.07) is 0. The highest BCUT2D eigenvalue weighted by molar-refractivity contribution is 5.85. The molecule has 0 bridgehead atoms. The predicted octanol–water partition coefficient (Wildman–Crippen LogP) is 0.771. The summed E-state index contributed by atoms with van der Waals surface area (Å²) in [5, 5.41) is 0. The lowest BCUT2D eigenvalue weighted by molar-refractivity contribution is -0.146. The molecule has 0 aromatic rings. The number of hydrogen-bond donors (Lipinski definition) is 1. The zero-order valence-electron chi connectivity index (χ0n) is 11.5. The third kappa shape index (κ3) is 4.29. The number of nitrogens with two attached hydrogens (primary N) is 1. The Labute approximate surface area is 109 Å². The molecule has 1 aliphatic rings. The fraction of sp³-hybridized carbons (Fsp3) is 0.846. The Morgan fingerprint density at radius 3 is 2.61 bits per heavy atom. The van der Waals surface area contributed by atoms with E-state index in [9.17, 15) is 9.59 Å². The molecule has 1 rings (SSSR count). The molecule has 0 aromatic carbocycles. The highest BCUT2D eigenvalue weighted by Crippen LogP contribution is 2.23. The normalized spacial score (nSPS) is 24.0. The van der Waals surface area contributed by atoms with Gasteiger partial charge >= 0.3 is 0 Å². The van der Waals surface area contributed by atoms with E-state index >= 15 is 0 Å². The van der Waals surface area contributed by atoms with E-state index in [4.69, 9.17) is 10.5 Å². The third-order valence-electron chi connectivity index (χ3n) is 3.17. The first-order valence-electron chi connectivity index (χ1n) is 6.60. The van der Waals surface area contributed by atoms with Crippen molar-refractivity contribution < 1.29 is 14.3 Å². The van der Waals surface area contributed by atoms with E-state index in [0.29, 0.717) is 19.1 Å². The van der Waals surface area contributed by atoms with Crippen molar-refractivity contribution in [2.45, 2.75) is 39.7 Å². The third-order valence-corrected chi connectivity index (χ3v) is 3.17. The van der Waals surface area contributed by atoms with Crippen LogP contribution in [0.1, 0.15) is 33.6 Å². The van der Waals surface area contributed by atoms with Crippen LogP contribution in [0, 0.1) is 11.8 Å². The molecule has 2 amide bonds. The Morgan fingerprint density at radius 2 is 2.11 bits per heavy atom. The highest BCUT2D eigenvalue weighted by atomic mass is 16.5. The van der Waals surface area contributed by atoms with Crippen LogP contribution in [0.25, 0.3) is 0 Å². The minimum absolute atomic E-state index is 0.000231. The maximum atomic E-state index is 12.4. The number of primary amides is 1. The van der Waals surface area contributed by atoms with Crippen molar-refractivity contribution in [1.82, 2.24) is 4.90 Å². The number of rotatable bonds is 5. The van der Waals surface area contributed by atoms with Gasteiger partial charge in [0.2, 0.25) is 11.8 Å². The van der Waals surface area contributed by atoms with E-state index in [0.717, 1.165) is 12.8 Å². The maximum Gasteiger partial charge on any atom is 0.237 e. The second kappa shape index (κ2) is 6.73. The van der Waals surface area contributed by atoms with Crippen molar-refractivity contribution in [1.29, 1.82) is 0 Å². The summed E-state index contributed by atoms with van der Waals surface area (Å²) in [7, 11) is 0. The second-order valence-corrected chi connectivity index (χ2v) is 5.40. The van der Waals surface area contributed by atoms with Gasteiger partial charge in [-0.3, -0.25) is 9.59 Å². The van der Waals surface area contributed by atoms with Crippen LogP contribution in [0.3, 0.4) is 0 Å². The Morgan fingerprint density at radius 1 is 1.44 bits per heavy atom. The molecule has 104 valence electrons. The number of carbonyl (C=O) groups is 2. The lowest BCUT2D eigenvalue weighted by Gasteiger charge is -2.33. The van der Waals surface area contributed by atoms with E-state index in [1.165, 1.54) is 0 Å². The summed E-state index contributed by atoms with van der Waals surface area (Å²) in [6.45, 7) is 7.22.